The molecule has 0 saturated heterocycles. The molecular weight excluding hydrogens is 169 g/mol. The third-order valence-corrected chi connectivity index (χ3v) is 1.37. The average Bonchev–Trinajstić information content (AvgIpc) is 2.13. The summed E-state index contributed by atoms with van der Waals surface area (Å²) < 4.78 is 12.7. The van der Waals surface area contributed by atoms with E-state index in [4.69, 9.17) is 5.73 Å². The number of aromatic nitrogens is 1. The number of pyridine rings is 1. The van der Waals surface area contributed by atoms with Crippen LogP contribution in [0.4, 0.5) is 15.9 Å². The summed E-state index contributed by atoms with van der Waals surface area (Å²) in [6.07, 6.45) is 1.53. The van der Waals surface area contributed by atoms with Gasteiger partial charge < -0.3 is 10.6 Å². The second kappa shape index (κ2) is 5.35. The Hall–Kier alpha value is -1.32. The van der Waals surface area contributed by atoms with E-state index in [1.807, 2.05) is 27.9 Å². The Morgan fingerprint density at radius 3 is 2.31 bits per heavy atom. The van der Waals surface area contributed by atoms with Crippen LogP contribution in [0, 0.1) is 5.82 Å². The molecule has 0 atom stereocenters. The number of nitrogens with zero attached hydrogens (tertiary/aromatic N) is 2. The van der Waals surface area contributed by atoms with Gasteiger partial charge in [0.1, 0.15) is 0 Å². The van der Waals surface area contributed by atoms with Crippen molar-refractivity contribution in [3.63, 3.8) is 0 Å². The molecule has 1 rings (SSSR count). The van der Waals surface area contributed by atoms with Gasteiger partial charge in [-0.3, -0.25) is 0 Å². The highest BCUT2D eigenvalue weighted by Gasteiger charge is 2.01. The molecule has 0 saturated carbocycles. The minimum atomic E-state index is -0.476. The molecule has 1 aromatic rings. The lowest BCUT2D eigenvalue weighted by Gasteiger charge is -2.11. The zero-order chi connectivity index (χ0) is 10.4. The molecule has 0 bridgehead atoms. The van der Waals surface area contributed by atoms with Gasteiger partial charge >= 0.3 is 0 Å². The summed E-state index contributed by atoms with van der Waals surface area (Å²) in [5.74, 6) is -0.535. The van der Waals surface area contributed by atoms with Crippen molar-refractivity contribution in [1.82, 2.24) is 4.98 Å². The molecule has 74 valence electrons. The minimum absolute atomic E-state index is 0.0596. The third kappa shape index (κ3) is 3.27. The number of nitrogen functional groups attached to an aromatic ring is 1. The van der Waals surface area contributed by atoms with Crippen LogP contribution in [0.15, 0.2) is 12.3 Å². The Morgan fingerprint density at radius 2 is 1.92 bits per heavy atom. The maximum atomic E-state index is 12.7. The quantitative estimate of drug-likeness (QED) is 0.726. The maximum absolute atomic E-state index is 12.7. The summed E-state index contributed by atoms with van der Waals surface area (Å²) in [6.45, 7) is 4.00. The van der Waals surface area contributed by atoms with Gasteiger partial charge in [0.05, 0.1) is 11.9 Å². The van der Waals surface area contributed by atoms with Gasteiger partial charge in [-0.25, -0.2) is 9.37 Å². The topological polar surface area (TPSA) is 42.2 Å². The largest absolute Gasteiger partial charge is 0.381 e. The smallest absolute Gasteiger partial charge is 0.167 e. The van der Waals surface area contributed by atoms with E-state index in [1.54, 1.807) is 4.90 Å². The fourth-order valence-corrected chi connectivity index (χ4v) is 0.683. The lowest BCUT2D eigenvalue weighted by atomic mass is 10.4. The molecule has 0 aliphatic rings. The first-order chi connectivity index (χ1) is 6.11. The molecule has 2 N–H and O–H groups in total. The first-order valence-electron chi connectivity index (χ1n) is 4.19. The molecule has 0 fully saturated rings. The van der Waals surface area contributed by atoms with Crippen molar-refractivity contribution in [1.29, 1.82) is 0 Å². The van der Waals surface area contributed by atoms with Crippen LogP contribution in [-0.4, -0.2) is 19.1 Å². The fourth-order valence-electron chi connectivity index (χ4n) is 0.683. The molecule has 4 heteroatoms. The van der Waals surface area contributed by atoms with Gasteiger partial charge in [0, 0.05) is 20.2 Å². The van der Waals surface area contributed by atoms with Gasteiger partial charge in [0.15, 0.2) is 11.6 Å². The number of rotatable bonds is 1. The standard InChI is InChI=1S/C7H10FN3.C2H6/c1-11(2)5-3-6(8)7(9)10-4-5;1-2/h3-4H,1-2H3,(H2,9,10);1-2H3. The summed E-state index contributed by atoms with van der Waals surface area (Å²) in [4.78, 5) is 5.42. The highest BCUT2D eigenvalue weighted by Crippen LogP contribution is 2.14. The number of anilines is 2. The Labute approximate surface area is 78.4 Å². The Bertz CT molecular complexity index is 261. The van der Waals surface area contributed by atoms with Crippen LogP contribution in [0.5, 0.6) is 0 Å². The van der Waals surface area contributed by atoms with Gasteiger partial charge in [-0.2, -0.15) is 0 Å². The Balaban J connectivity index is 0.000000671. The van der Waals surface area contributed by atoms with Crippen molar-refractivity contribution in [2.24, 2.45) is 0 Å². The van der Waals surface area contributed by atoms with E-state index in [9.17, 15) is 4.39 Å². The Morgan fingerprint density at radius 1 is 1.38 bits per heavy atom. The normalized spacial score (nSPS) is 8.69. The molecule has 13 heavy (non-hydrogen) atoms. The highest BCUT2D eigenvalue weighted by atomic mass is 19.1. The van der Waals surface area contributed by atoms with Crippen molar-refractivity contribution in [2.45, 2.75) is 13.8 Å². The first kappa shape index (κ1) is 11.7. The predicted molar refractivity (Wildman–Crippen MR) is 54.3 cm³/mol. The van der Waals surface area contributed by atoms with Crippen LogP contribution in [0.2, 0.25) is 0 Å². The second-order valence-corrected chi connectivity index (χ2v) is 2.46. The van der Waals surface area contributed by atoms with Crippen molar-refractivity contribution in [2.75, 3.05) is 24.7 Å². The van der Waals surface area contributed by atoms with Crippen LogP contribution in [0.1, 0.15) is 13.8 Å². The zero-order valence-corrected chi connectivity index (χ0v) is 8.50. The van der Waals surface area contributed by atoms with Crippen LogP contribution >= 0.6 is 0 Å². The fraction of sp³-hybridized carbons (Fsp3) is 0.444. The van der Waals surface area contributed by atoms with Gasteiger partial charge in [-0.15, -0.1) is 0 Å². The van der Waals surface area contributed by atoms with Crippen molar-refractivity contribution in [3.8, 4) is 0 Å². The van der Waals surface area contributed by atoms with Crippen molar-refractivity contribution in [3.05, 3.63) is 18.1 Å². The summed E-state index contributed by atoms with van der Waals surface area (Å²) >= 11 is 0. The van der Waals surface area contributed by atoms with Crippen molar-refractivity contribution < 1.29 is 4.39 Å². The molecule has 0 radical (unpaired) electrons. The van der Waals surface area contributed by atoms with E-state index in [1.165, 1.54) is 12.3 Å². The average molecular weight is 185 g/mol. The van der Waals surface area contributed by atoms with Gasteiger partial charge in [0.2, 0.25) is 0 Å². The van der Waals surface area contributed by atoms with E-state index in [0.29, 0.717) is 5.69 Å². The molecule has 0 spiro atoms. The first-order valence-corrected chi connectivity index (χ1v) is 4.19. The van der Waals surface area contributed by atoms with Crippen molar-refractivity contribution >= 4 is 11.5 Å². The number of nitrogens with two attached hydrogens (primary N) is 1. The van der Waals surface area contributed by atoms with Gasteiger partial charge in [-0.1, -0.05) is 13.8 Å². The lowest BCUT2D eigenvalue weighted by Crippen LogP contribution is -2.10. The van der Waals surface area contributed by atoms with E-state index in [-0.39, 0.29) is 5.82 Å². The minimum Gasteiger partial charge on any atom is -0.381 e. The van der Waals surface area contributed by atoms with Crippen LogP contribution in [0.3, 0.4) is 0 Å². The lowest BCUT2D eigenvalue weighted by molar-refractivity contribution is 0.627. The maximum Gasteiger partial charge on any atom is 0.167 e. The summed E-state index contributed by atoms with van der Waals surface area (Å²) in [5.41, 5.74) is 5.89. The van der Waals surface area contributed by atoms with Gasteiger partial charge in [0.25, 0.3) is 0 Å². The summed E-state index contributed by atoms with van der Waals surface area (Å²) in [7, 11) is 3.62. The number of halogens is 1. The van der Waals surface area contributed by atoms with E-state index in [0.717, 1.165) is 0 Å². The molecule has 0 aliphatic carbocycles. The van der Waals surface area contributed by atoms with Gasteiger partial charge in [-0.05, 0) is 0 Å². The molecule has 1 heterocycles. The predicted octanol–water partition coefficient (Wildman–Crippen LogP) is 1.90. The molecule has 0 aromatic carbocycles. The van der Waals surface area contributed by atoms with E-state index in [2.05, 4.69) is 4.98 Å². The molecular formula is C9H16FN3. The SMILES string of the molecule is CC.CN(C)c1cnc(N)c(F)c1. The van der Waals surface area contributed by atoms with Crippen LogP contribution in [0.25, 0.3) is 0 Å². The monoisotopic (exact) mass is 185 g/mol. The van der Waals surface area contributed by atoms with E-state index < -0.39 is 5.82 Å². The summed E-state index contributed by atoms with van der Waals surface area (Å²) in [6, 6.07) is 1.35. The molecule has 1 aromatic heterocycles. The second-order valence-electron chi connectivity index (χ2n) is 2.46. The number of hydrogen-bond donors (Lipinski definition) is 1. The molecule has 3 nitrogen and oxygen atoms in total. The van der Waals surface area contributed by atoms with Crippen LogP contribution < -0.4 is 10.6 Å². The Kier molecular flexibility index (Phi) is 4.80. The molecule has 0 aliphatic heterocycles. The molecule has 0 unspecified atom stereocenters. The number of hydrogen-bond acceptors (Lipinski definition) is 3. The third-order valence-electron chi connectivity index (χ3n) is 1.37. The molecule has 0 amide bonds. The summed E-state index contributed by atoms with van der Waals surface area (Å²) in [5, 5.41) is 0. The van der Waals surface area contributed by atoms with Crippen LogP contribution in [-0.2, 0) is 0 Å². The zero-order valence-electron chi connectivity index (χ0n) is 8.50. The highest BCUT2D eigenvalue weighted by molar-refractivity contribution is 5.47. The van der Waals surface area contributed by atoms with E-state index >= 15 is 0 Å².